The fourth-order valence-electron chi connectivity index (χ4n) is 6.87. The number of hydrogen-bond donors (Lipinski definition) is 1. The number of likely N-dealkylation sites (N-methyl/N-ethyl adjacent to an activating group) is 1. The van der Waals surface area contributed by atoms with Crippen molar-refractivity contribution in [3.05, 3.63) is 85.1 Å². The van der Waals surface area contributed by atoms with Crippen LogP contribution in [-0.4, -0.2) is 87.4 Å². The van der Waals surface area contributed by atoms with E-state index < -0.39 is 24.3 Å². The van der Waals surface area contributed by atoms with Gasteiger partial charge in [0.1, 0.15) is 13.2 Å². The molecule has 0 rings (SSSR count). The van der Waals surface area contributed by atoms with Gasteiger partial charge in [0.05, 0.1) is 34.4 Å². The van der Waals surface area contributed by atoms with Crippen molar-refractivity contribution in [2.45, 2.75) is 212 Å². The minimum Gasteiger partial charge on any atom is -0.477 e. The number of unbranched alkanes of at least 4 members (excludes halogenated alkanes) is 18. The Labute approximate surface area is 404 Å². The number of rotatable bonds is 47. The lowest BCUT2D eigenvalue weighted by Crippen LogP contribution is -2.40. The first-order chi connectivity index (χ1) is 32.1. The Balaban J connectivity index is 4.29. The maximum atomic E-state index is 12.8. The number of allylic oxidation sites excluding steroid dienone is 14. The van der Waals surface area contributed by atoms with Crippen LogP contribution in [0.25, 0.3) is 0 Å². The zero-order valence-corrected chi connectivity index (χ0v) is 42.8. The predicted octanol–water partition coefficient (Wildman–Crippen LogP) is 14.8. The molecule has 9 heteroatoms. The van der Waals surface area contributed by atoms with Gasteiger partial charge in [0.25, 0.3) is 6.29 Å². The first kappa shape index (κ1) is 62.5. The van der Waals surface area contributed by atoms with Gasteiger partial charge >= 0.3 is 17.9 Å². The van der Waals surface area contributed by atoms with Crippen LogP contribution in [0.2, 0.25) is 0 Å². The van der Waals surface area contributed by atoms with Crippen LogP contribution in [-0.2, 0) is 33.3 Å². The lowest BCUT2D eigenvalue weighted by Gasteiger charge is -2.25. The van der Waals surface area contributed by atoms with Gasteiger partial charge in [-0.25, -0.2) is 4.79 Å². The molecular formula is C57H98NO8+. The number of hydrogen-bond acceptors (Lipinski definition) is 7. The molecule has 0 saturated carbocycles. The lowest BCUT2D eigenvalue weighted by molar-refractivity contribution is -0.870. The van der Waals surface area contributed by atoms with Crippen molar-refractivity contribution in [3.8, 4) is 0 Å². The minimum atomic E-state index is -1.51. The molecule has 0 aliphatic rings. The maximum absolute atomic E-state index is 12.8. The highest BCUT2D eigenvalue weighted by atomic mass is 16.7. The standard InChI is InChI=1S/C57H97NO8/c1-6-8-10-12-14-16-18-20-21-22-23-24-25-26-27-28-29-30-31-32-33-34-35-36-38-40-42-44-46-48-55(60)66-53(52-65-57(56(61)62)63-50-49-58(3,4)5)51-64-54(59)47-45-43-41-39-37-19-17-15-13-11-9-7-2/h8,10,14,16,20-21,23-24,26-27,29-30,32-33,53,57H,6-7,9,11-13,15,17-19,22,25,28,31,34-52H2,1-5H3/p+1/b10-8-,16-14-,21-20-,24-23-,27-26-,30-29-,33-32-. The summed E-state index contributed by atoms with van der Waals surface area (Å²) in [7, 11) is 5.95. The second-order valence-corrected chi connectivity index (χ2v) is 18.5. The Morgan fingerprint density at radius 3 is 1.29 bits per heavy atom. The van der Waals surface area contributed by atoms with Crippen molar-refractivity contribution in [3.63, 3.8) is 0 Å². The van der Waals surface area contributed by atoms with Gasteiger partial charge in [-0.05, 0) is 70.6 Å². The topological polar surface area (TPSA) is 108 Å². The second-order valence-electron chi connectivity index (χ2n) is 18.5. The van der Waals surface area contributed by atoms with E-state index in [0.717, 1.165) is 89.9 Å². The van der Waals surface area contributed by atoms with Crippen LogP contribution in [0.3, 0.4) is 0 Å². The Hall–Kier alpha value is -3.53. The van der Waals surface area contributed by atoms with Crippen LogP contribution in [0, 0.1) is 0 Å². The van der Waals surface area contributed by atoms with Crippen molar-refractivity contribution in [2.24, 2.45) is 0 Å². The Morgan fingerprint density at radius 1 is 0.470 bits per heavy atom. The molecule has 378 valence electrons. The van der Waals surface area contributed by atoms with Gasteiger partial charge < -0.3 is 28.5 Å². The molecule has 0 radical (unpaired) electrons. The zero-order chi connectivity index (χ0) is 48.4. The fourth-order valence-corrected chi connectivity index (χ4v) is 6.87. The molecule has 0 aliphatic carbocycles. The number of carbonyl (C=O) groups excluding carboxylic acids is 2. The molecule has 2 atom stereocenters. The molecule has 0 aromatic carbocycles. The summed E-state index contributed by atoms with van der Waals surface area (Å²) in [5.74, 6) is -2.03. The summed E-state index contributed by atoms with van der Waals surface area (Å²) < 4.78 is 22.8. The largest absolute Gasteiger partial charge is 0.477 e. The van der Waals surface area contributed by atoms with E-state index in [-0.39, 0.29) is 32.2 Å². The molecule has 0 aliphatic heterocycles. The van der Waals surface area contributed by atoms with E-state index in [4.69, 9.17) is 18.9 Å². The van der Waals surface area contributed by atoms with Crippen LogP contribution in [0.5, 0.6) is 0 Å². The van der Waals surface area contributed by atoms with Crippen LogP contribution in [0.15, 0.2) is 85.1 Å². The summed E-state index contributed by atoms with van der Waals surface area (Å²) in [4.78, 5) is 37.2. The molecule has 1 N–H and O–H groups in total. The third-order valence-electron chi connectivity index (χ3n) is 10.9. The first-order valence-corrected chi connectivity index (χ1v) is 26.3. The molecule has 0 bridgehead atoms. The SMILES string of the molecule is CC/C=C\C/C=C\C/C=C\C/C=C\C/C=C\C/C=C\C/C=C\CCCCCCCCCC(=O)OC(COC(=O)CCCCCCCCCCCCCC)COC(OCC[N+](C)(C)C)C(=O)O. The van der Waals surface area contributed by atoms with Gasteiger partial charge in [0.2, 0.25) is 0 Å². The third kappa shape index (κ3) is 48.4. The predicted molar refractivity (Wildman–Crippen MR) is 276 cm³/mol. The number of quaternary nitrogens is 1. The summed E-state index contributed by atoms with van der Waals surface area (Å²) >= 11 is 0. The second kappa shape index (κ2) is 47.9. The summed E-state index contributed by atoms with van der Waals surface area (Å²) in [6.45, 7) is 4.73. The monoisotopic (exact) mass is 925 g/mol. The summed E-state index contributed by atoms with van der Waals surface area (Å²) in [6, 6.07) is 0. The van der Waals surface area contributed by atoms with Crippen molar-refractivity contribution in [1.29, 1.82) is 0 Å². The molecule has 0 amide bonds. The normalized spacial score (nSPS) is 13.5. The van der Waals surface area contributed by atoms with E-state index >= 15 is 0 Å². The van der Waals surface area contributed by atoms with Crippen LogP contribution in [0.4, 0.5) is 0 Å². The highest BCUT2D eigenvalue weighted by Gasteiger charge is 2.25. The van der Waals surface area contributed by atoms with E-state index in [9.17, 15) is 19.5 Å². The quantitative estimate of drug-likeness (QED) is 0.0211. The maximum Gasteiger partial charge on any atom is 0.361 e. The number of nitrogens with zero attached hydrogens (tertiary/aromatic N) is 1. The Bertz CT molecular complexity index is 1350. The molecule has 66 heavy (non-hydrogen) atoms. The molecule has 0 saturated heterocycles. The van der Waals surface area contributed by atoms with Crippen LogP contribution < -0.4 is 0 Å². The van der Waals surface area contributed by atoms with Crippen molar-refractivity contribution < 1.29 is 42.9 Å². The van der Waals surface area contributed by atoms with Gasteiger partial charge in [0.15, 0.2) is 6.10 Å². The van der Waals surface area contributed by atoms with Gasteiger partial charge in [-0.15, -0.1) is 0 Å². The van der Waals surface area contributed by atoms with Gasteiger partial charge in [0, 0.05) is 12.8 Å². The van der Waals surface area contributed by atoms with Crippen LogP contribution >= 0.6 is 0 Å². The average Bonchev–Trinajstić information content (AvgIpc) is 3.28. The first-order valence-electron chi connectivity index (χ1n) is 26.3. The third-order valence-corrected chi connectivity index (χ3v) is 10.9. The fraction of sp³-hybridized carbons (Fsp3) is 0.702. The number of ether oxygens (including phenoxy) is 4. The number of carbonyl (C=O) groups is 3. The molecule has 2 unspecified atom stereocenters. The highest BCUT2D eigenvalue weighted by molar-refractivity contribution is 5.71. The van der Waals surface area contributed by atoms with Crippen molar-refractivity contribution in [1.82, 2.24) is 0 Å². The summed E-state index contributed by atoms with van der Waals surface area (Å²) in [5.41, 5.74) is 0. The van der Waals surface area contributed by atoms with E-state index in [1.165, 1.54) is 77.0 Å². The molecular weight excluding hydrogens is 827 g/mol. The van der Waals surface area contributed by atoms with Gasteiger partial charge in [-0.2, -0.15) is 0 Å². The number of esters is 2. The van der Waals surface area contributed by atoms with E-state index in [0.29, 0.717) is 23.9 Å². The lowest BCUT2D eigenvalue weighted by atomic mass is 10.0. The smallest absolute Gasteiger partial charge is 0.361 e. The highest BCUT2D eigenvalue weighted by Crippen LogP contribution is 2.14. The van der Waals surface area contributed by atoms with Gasteiger partial charge in [-0.3, -0.25) is 9.59 Å². The van der Waals surface area contributed by atoms with Crippen molar-refractivity contribution >= 4 is 17.9 Å². The Morgan fingerprint density at radius 2 is 0.864 bits per heavy atom. The number of carboxylic acids is 1. The number of aliphatic carboxylic acids is 1. The molecule has 0 aromatic rings. The minimum absolute atomic E-state index is 0.182. The van der Waals surface area contributed by atoms with E-state index in [1.807, 2.05) is 21.1 Å². The summed E-state index contributed by atoms with van der Waals surface area (Å²) in [6.07, 6.45) is 59.3. The van der Waals surface area contributed by atoms with E-state index in [1.54, 1.807) is 0 Å². The molecule has 0 fully saturated rings. The summed E-state index contributed by atoms with van der Waals surface area (Å²) in [5, 5.41) is 9.66. The zero-order valence-electron chi connectivity index (χ0n) is 42.8. The van der Waals surface area contributed by atoms with E-state index in [2.05, 4.69) is 98.9 Å². The average molecular weight is 925 g/mol. The molecule has 0 heterocycles. The molecule has 0 spiro atoms. The molecule has 9 nitrogen and oxygen atoms in total. The van der Waals surface area contributed by atoms with Gasteiger partial charge in [-0.1, -0.05) is 202 Å². The van der Waals surface area contributed by atoms with Crippen LogP contribution in [0.1, 0.15) is 200 Å². The molecule has 0 aromatic heterocycles. The Kier molecular flexibility index (Phi) is 45.4. The van der Waals surface area contributed by atoms with Crippen molar-refractivity contribution in [2.75, 3.05) is 47.5 Å². The number of carboxylic acid groups (broad SMARTS) is 1.